The number of likely N-dealkylation sites (tertiary alicyclic amines) is 1. The first kappa shape index (κ1) is 15.3. The maximum absolute atomic E-state index is 12.5. The fraction of sp³-hybridized carbons (Fsp3) is 0.625. The summed E-state index contributed by atoms with van der Waals surface area (Å²) in [5, 5.41) is 7.00. The van der Waals surface area contributed by atoms with Gasteiger partial charge in [-0.25, -0.2) is 4.79 Å². The third kappa shape index (κ3) is 3.27. The number of aryl methyl sites for hydroxylation is 1. The Labute approximate surface area is 135 Å². The summed E-state index contributed by atoms with van der Waals surface area (Å²) in [5.74, 6) is 0.128. The molecule has 1 atom stereocenters. The van der Waals surface area contributed by atoms with Crippen LogP contribution < -0.4 is 5.32 Å². The molecule has 0 bridgehead atoms. The van der Waals surface area contributed by atoms with Crippen molar-refractivity contribution in [3.05, 3.63) is 16.3 Å². The maximum Gasteiger partial charge on any atom is 0.322 e. The van der Waals surface area contributed by atoms with Gasteiger partial charge in [0.05, 0.1) is 11.7 Å². The molecule has 1 saturated heterocycles. The quantitative estimate of drug-likeness (QED) is 0.926. The third-order valence-electron chi connectivity index (χ3n) is 4.53. The van der Waals surface area contributed by atoms with Crippen LogP contribution in [0.15, 0.2) is 10.8 Å². The van der Waals surface area contributed by atoms with Crippen LogP contribution in [0.1, 0.15) is 38.2 Å². The summed E-state index contributed by atoms with van der Waals surface area (Å²) in [7, 11) is 0. The van der Waals surface area contributed by atoms with E-state index in [0.29, 0.717) is 12.6 Å². The van der Waals surface area contributed by atoms with E-state index in [0.717, 1.165) is 43.5 Å². The first-order chi connectivity index (χ1) is 10.6. The van der Waals surface area contributed by atoms with Crippen molar-refractivity contribution < 1.29 is 9.59 Å². The molecule has 0 radical (unpaired) electrons. The summed E-state index contributed by atoms with van der Waals surface area (Å²) in [4.78, 5) is 28.2. The van der Waals surface area contributed by atoms with Gasteiger partial charge >= 0.3 is 6.03 Å². The van der Waals surface area contributed by atoms with E-state index < -0.39 is 0 Å². The lowest BCUT2D eigenvalue weighted by Crippen LogP contribution is -2.46. The predicted molar refractivity (Wildman–Crippen MR) is 88.2 cm³/mol. The number of nitrogens with zero attached hydrogens (tertiary/aromatic N) is 2. The Morgan fingerprint density at radius 3 is 2.73 bits per heavy atom. The van der Waals surface area contributed by atoms with Crippen molar-refractivity contribution in [3.8, 4) is 0 Å². The summed E-state index contributed by atoms with van der Waals surface area (Å²) >= 11 is 1.59. The average Bonchev–Trinajstić information content (AvgIpc) is 3.07. The molecule has 22 heavy (non-hydrogen) atoms. The lowest BCUT2D eigenvalue weighted by molar-refractivity contribution is -0.130. The first-order valence-corrected chi connectivity index (χ1v) is 8.88. The highest BCUT2D eigenvalue weighted by molar-refractivity contribution is 7.08. The van der Waals surface area contributed by atoms with Crippen LogP contribution in [0, 0.1) is 6.92 Å². The van der Waals surface area contributed by atoms with Crippen LogP contribution in [-0.4, -0.2) is 46.9 Å². The molecular weight excluding hydrogens is 298 g/mol. The van der Waals surface area contributed by atoms with Gasteiger partial charge in [-0.3, -0.25) is 4.79 Å². The van der Waals surface area contributed by atoms with Gasteiger partial charge in [0.25, 0.3) is 0 Å². The van der Waals surface area contributed by atoms with Gasteiger partial charge in [0.1, 0.15) is 0 Å². The molecule has 3 rings (SSSR count). The van der Waals surface area contributed by atoms with Gasteiger partial charge in [-0.05, 0) is 43.6 Å². The Balaban J connectivity index is 1.63. The number of hydrogen-bond acceptors (Lipinski definition) is 3. The monoisotopic (exact) mass is 321 g/mol. The minimum atomic E-state index is -0.0386. The molecule has 1 saturated carbocycles. The summed E-state index contributed by atoms with van der Waals surface area (Å²) in [6.07, 6.45) is 4.20. The largest absolute Gasteiger partial charge is 0.338 e. The molecule has 1 aliphatic carbocycles. The van der Waals surface area contributed by atoms with Gasteiger partial charge in [0.15, 0.2) is 0 Å². The van der Waals surface area contributed by atoms with E-state index in [-0.39, 0.29) is 18.0 Å². The second-order valence-electron chi connectivity index (χ2n) is 6.29. The Bertz CT molecular complexity index is 567. The lowest BCUT2D eigenvalue weighted by atomic mass is 10.2. The molecular formula is C16H23N3O2S. The Morgan fingerprint density at radius 1 is 1.36 bits per heavy atom. The molecule has 1 aromatic rings. The standard InChI is InChI=1S/C16H23N3O2S/c1-11-9-22-10-15(11)17-16(21)18-7-3-4-14(18)8-19(12(2)20)13-5-6-13/h9-10,13-14H,3-8H2,1-2H3,(H,17,21)/t14-/m1/s1. The zero-order valence-corrected chi connectivity index (χ0v) is 14.0. The van der Waals surface area contributed by atoms with Crippen LogP contribution >= 0.6 is 11.3 Å². The summed E-state index contributed by atoms with van der Waals surface area (Å²) in [6, 6.07) is 0.508. The number of rotatable bonds is 4. The van der Waals surface area contributed by atoms with Gasteiger partial charge in [0.2, 0.25) is 5.91 Å². The summed E-state index contributed by atoms with van der Waals surface area (Å²) in [5.41, 5.74) is 1.99. The smallest absolute Gasteiger partial charge is 0.322 e. The van der Waals surface area contributed by atoms with Crippen molar-refractivity contribution in [2.75, 3.05) is 18.4 Å². The van der Waals surface area contributed by atoms with E-state index in [2.05, 4.69) is 5.32 Å². The number of thiophene rings is 1. The SMILES string of the molecule is CC(=O)N(C[C@H]1CCCN1C(=O)Nc1cscc1C)C1CC1. The molecule has 0 aromatic carbocycles. The van der Waals surface area contributed by atoms with Gasteiger partial charge in [-0.15, -0.1) is 11.3 Å². The molecule has 2 aliphatic rings. The number of carbonyl (C=O) groups is 2. The van der Waals surface area contributed by atoms with Crippen molar-refractivity contribution >= 4 is 29.0 Å². The zero-order valence-electron chi connectivity index (χ0n) is 13.2. The number of carbonyl (C=O) groups excluding carboxylic acids is 2. The number of urea groups is 1. The van der Waals surface area contributed by atoms with Crippen LogP contribution in [0.3, 0.4) is 0 Å². The number of nitrogens with one attached hydrogen (secondary N) is 1. The van der Waals surface area contributed by atoms with Crippen molar-refractivity contribution in [1.29, 1.82) is 0 Å². The van der Waals surface area contributed by atoms with Crippen LogP contribution in [0.25, 0.3) is 0 Å². The molecule has 120 valence electrons. The Kier molecular flexibility index (Phi) is 4.38. The van der Waals surface area contributed by atoms with Crippen LogP contribution in [0.4, 0.5) is 10.5 Å². The molecule has 2 fully saturated rings. The number of hydrogen-bond donors (Lipinski definition) is 1. The van der Waals surface area contributed by atoms with Crippen LogP contribution in [-0.2, 0) is 4.79 Å². The molecule has 5 nitrogen and oxygen atoms in total. The van der Waals surface area contributed by atoms with Crippen molar-refractivity contribution in [1.82, 2.24) is 9.80 Å². The fourth-order valence-corrected chi connectivity index (χ4v) is 3.90. The maximum atomic E-state index is 12.5. The molecule has 0 spiro atoms. The first-order valence-electron chi connectivity index (χ1n) is 7.94. The topological polar surface area (TPSA) is 52.7 Å². The van der Waals surface area contributed by atoms with E-state index in [1.807, 2.05) is 27.5 Å². The van der Waals surface area contributed by atoms with Crippen molar-refractivity contribution in [2.24, 2.45) is 0 Å². The van der Waals surface area contributed by atoms with Gasteiger partial charge in [-0.1, -0.05) is 0 Å². The lowest BCUT2D eigenvalue weighted by Gasteiger charge is -2.30. The zero-order chi connectivity index (χ0) is 15.7. The van der Waals surface area contributed by atoms with E-state index >= 15 is 0 Å². The highest BCUT2D eigenvalue weighted by atomic mass is 32.1. The molecule has 1 N–H and O–H groups in total. The van der Waals surface area contributed by atoms with Gasteiger partial charge < -0.3 is 15.1 Å². The van der Waals surface area contributed by atoms with Gasteiger partial charge in [-0.2, -0.15) is 0 Å². The van der Waals surface area contributed by atoms with Crippen molar-refractivity contribution in [2.45, 2.75) is 51.6 Å². The normalized spacial score (nSPS) is 21.0. The average molecular weight is 321 g/mol. The minimum Gasteiger partial charge on any atom is -0.338 e. The Morgan fingerprint density at radius 2 is 2.14 bits per heavy atom. The number of anilines is 1. The van der Waals surface area contributed by atoms with E-state index in [9.17, 15) is 9.59 Å². The van der Waals surface area contributed by atoms with Crippen LogP contribution in [0.2, 0.25) is 0 Å². The molecule has 1 aromatic heterocycles. The second kappa shape index (κ2) is 6.28. The molecule has 2 heterocycles. The van der Waals surface area contributed by atoms with Gasteiger partial charge in [0, 0.05) is 31.4 Å². The second-order valence-corrected chi connectivity index (χ2v) is 7.03. The Hall–Kier alpha value is -1.56. The predicted octanol–water partition coefficient (Wildman–Crippen LogP) is 3.06. The minimum absolute atomic E-state index is 0.0386. The third-order valence-corrected chi connectivity index (χ3v) is 5.40. The molecule has 3 amide bonds. The summed E-state index contributed by atoms with van der Waals surface area (Å²) < 4.78 is 0. The van der Waals surface area contributed by atoms with E-state index in [4.69, 9.17) is 0 Å². The molecule has 1 aliphatic heterocycles. The van der Waals surface area contributed by atoms with Crippen LogP contribution in [0.5, 0.6) is 0 Å². The number of amides is 3. The fourth-order valence-electron chi connectivity index (χ4n) is 3.12. The van der Waals surface area contributed by atoms with E-state index in [1.54, 1.807) is 18.3 Å². The van der Waals surface area contributed by atoms with E-state index in [1.165, 1.54) is 0 Å². The highest BCUT2D eigenvalue weighted by Crippen LogP contribution is 2.29. The summed E-state index contributed by atoms with van der Waals surface area (Å²) in [6.45, 7) is 5.08. The van der Waals surface area contributed by atoms with Crippen molar-refractivity contribution in [3.63, 3.8) is 0 Å². The molecule has 0 unspecified atom stereocenters. The highest BCUT2D eigenvalue weighted by Gasteiger charge is 2.36. The molecule has 6 heteroatoms.